The lowest BCUT2D eigenvalue weighted by Crippen LogP contribution is -2.41. The minimum absolute atomic E-state index is 0.0502. The van der Waals surface area contributed by atoms with Gasteiger partial charge in [-0.25, -0.2) is 0 Å². The molecule has 1 aromatic heterocycles. The fourth-order valence-corrected chi connectivity index (χ4v) is 3.06. The van der Waals surface area contributed by atoms with Crippen molar-refractivity contribution < 1.29 is 9.53 Å². The SMILES string of the molecule is Cc1nnc(CCNC(=O)C2CCc3ccccc3O2)s1. The summed E-state index contributed by atoms with van der Waals surface area (Å²) in [7, 11) is 0. The topological polar surface area (TPSA) is 64.1 Å². The molecule has 1 aliphatic rings. The van der Waals surface area contributed by atoms with Gasteiger partial charge >= 0.3 is 0 Å². The Morgan fingerprint density at radius 3 is 3.10 bits per heavy atom. The quantitative estimate of drug-likeness (QED) is 0.937. The lowest BCUT2D eigenvalue weighted by Gasteiger charge is -2.25. The van der Waals surface area contributed by atoms with Gasteiger partial charge in [-0.3, -0.25) is 4.79 Å². The van der Waals surface area contributed by atoms with Gasteiger partial charge in [0.2, 0.25) is 0 Å². The van der Waals surface area contributed by atoms with Gasteiger partial charge in [0.15, 0.2) is 6.10 Å². The summed E-state index contributed by atoms with van der Waals surface area (Å²) < 4.78 is 5.76. The van der Waals surface area contributed by atoms with Crippen molar-refractivity contribution in [2.45, 2.75) is 32.3 Å². The Balaban J connectivity index is 1.50. The number of ether oxygens (including phenoxy) is 1. The Kier molecular flexibility index (Phi) is 4.15. The van der Waals surface area contributed by atoms with E-state index in [9.17, 15) is 4.79 Å². The first-order chi connectivity index (χ1) is 10.2. The predicted molar refractivity (Wildman–Crippen MR) is 80.5 cm³/mol. The molecule has 1 unspecified atom stereocenters. The van der Waals surface area contributed by atoms with Crippen LogP contribution in [0.1, 0.15) is 22.0 Å². The number of benzene rings is 1. The van der Waals surface area contributed by atoms with Gasteiger partial charge in [-0.2, -0.15) is 0 Å². The zero-order valence-electron chi connectivity index (χ0n) is 11.8. The van der Waals surface area contributed by atoms with Crippen LogP contribution in [0.5, 0.6) is 5.75 Å². The summed E-state index contributed by atoms with van der Waals surface area (Å²) in [6.45, 7) is 2.49. The lowest BCUT2D eigenvalue weighted by atomic mass is 10.0. The fraction of sp³-hybridized carbons (Fsp3) is 0.400. The van der Waals surface area contributed by atoms with Crippen molar-refractivity contribution in [3.8, 4) is 5.75 Å². The van der Waals surface area contributed by atoms with Crippen LogP contribution in [-0.4, -0.2) is 28.8 Å². The van der Waals surface area contributed by atoms with Crippen molar-refractivity contribution in [3.05, 3.63) is 39.8 Å². The average molecular weight is 303 g/mol. The smallest absolute Gasteiger partial charge is 0.261 e. The maximum Gasteiger partial charge on any atom is 0.261 e. The molecule has 1 atom stereocenters. The Bertz CT molecular complexity index is 641. The van der Waals surface area contributed by atoms with Gasteiger partial charge in [0.1, 0.15) is 15.8 Å². The van der Waals surface area contributed by atoms with E-state index in [4.69, 9.17) is 4.74 Å². The highest BCUT2D eigenvalue weighted by molar-refractivity contribution is 7.11. The molecule has 1 N–H and O–H groups in total. The number of hydrogen-bond acceptors (Lipinski definition) is 5. The highest BCUT2D eigenvalue weighted by Crippen LogP contribution is 2.26. The molecule has 1 aromatic carbocycles. The summed E-state index contributed by atoms with van der Waals surface area (Å²) in [6, 6.07) is 7.88. The van der Waals surface area contributed by atoms with E-state index in [0.717, 1.165) is 28.6 Å². The molecule has 5 nitrogen and oxygen atoms in total. The van der Waals surface area contributed by atoms with Crippen molar-refractivity contribution in [2.75, 3.05) is 6.54 Å². The van der Waals surface area contributed by atoms with Crippen LogP contribution in [0, 0.1) is 6.92 Å². The first-order valence-electron chi connectivity index (χ1n) is 7.03. The molecule has 2 heterocycles. The monoisotopic (exact) mass is 303 g/mol. The maximum absolute atomic E-state index is 12.1. The summed E-state index contributed by atoms with van der Waals surface area (Å²) in [4.78, 5) is 12.1. The molecule has 0 radical (unpaired) electrons. The third-order valence-electron chi connectivity index (χ3n) is 3.42. The van der Waals surface area contributed by atoms with E-state index in [1.54, 1.807) is 11.3 Å². The van der Waals surface area contributed by atoms with Crippen molar-refractivity contribution in [3.63, 3.8) is 0 Å². The molecule has 3 rings (SSSR count). The van der Waals surface area contributed by atoms with E-state index in [1.165, 1.54) is 5.56 Å². The molecule has 21 heavy (non-hydrogen) atoms. The second-order valence-corrected chi connectivity index (χ2v) is 6.27. The van der Waals surface area contributed by atoms with Gasteiger partial charge in [0, 0.05) is 13.0 Å². The number of amides is 1. The summed E-state index contributed by atoms with van der Waals surface area (Å²) in [5, 5.41) is 12.8. The van der Waals surface area contributed by atoms with Gasteiger partial charge in [0.25, 0.3) is 5.91 Å². The largest absolute Gasteiger partial charge is 0.480 e. The number of carbonyl (C=O) groups is 1. The van der Waals surface area contributed by atoms with E-state index < -0.39 is 6.10 Å². The molecule has 1 amide bonds. The molecule has 0 bridgehead atoms. The van der Waals surface area contributed by atoms with Crippen LogP contribution in [-0.2, 0) is 17.6 Å². The molecule has 0 fully saturated rings. The average Bonchev–Trinajstić information content (AvgIpc) is 2.92. The number of aryl methyl sites for hydroxylation is 2. The molecule has 0 spiro atoms. The van der Waals surface area contributed by atoms with Gasteiger partial charge < -0.3 is 10.1 Å². The molecular weight excluding hydrogens is 286 g/mol. The number of hydrogen-bond donors (Lipinski definition) is 1. The summed E-state index contributed by atoms with van der Waals surface area (Å²) in [5.41, 5.74) is 1.17. The third kappa shape index (κ3) is 3.39. The second kappa shape index (κ2) is 6.22. The number of nitrogens with one attached hydrogen (secondary N) is 1. The van der Waals surface area contributed by atoms with Crippen LogP contribution in [0.3, 0.4) is 0 Å². The molecule has 2 aromatic rings. The lowest BCUT2D eigenvalue weighted by molar-refractivity contribution is -0.128. The van der Waals surface area contributed by atoms with Crippen LogP contribution in [0.25, 0.3) is 0 Å². The number of rotatable bonds is 4. The van der Waals surface area contributed by atoms with E-state index in [-0.39, 0.29) is 5.91 Å². The zero-order chi connectivity index (χ0) is 14.7. The van der Waals surface area contributed by atoms with E-state index in [2.05, 4.69) is 15.5 Å². The van der Waals surface area contributed by atoms with Crippen LogP contribution in [0.4, 0.5) is 0 Å². The second-order valence-electron chi connectivity index (χ2n) is 5.01. The number of nitrogens with zero attached hydrogens (tertiary/aromatic N) is 2. The third-order valence-corrected chi connectivity index (χ3v) is 4.31. The van der Waals surface area contributed by atoms with Crippen LogP contribution < -0.4 is 10.1 Å². The Morgan fingerprint density at radius 2 is 2.29 bits per heavy atom. The van der Waals surface area contributed by atoms with Crippen LogP contribution in [0.2, 0.25) is 0 Å². The molecule has 6 heteroatoms. The standard InChI is InChI=1S/C15H17N3O2S/c1-10-17-18-14(21-10)8-9-16-15(19)13-7-6-11-4-2-3-5-12(11)20-13/h2-5,13H,6-9H2,1H3,(H,16,19). The van der Waals surface area contributed by atoms with Crippen LogP contribution in [0.15, 0.2) is 24.3 Å². The molecule has 0 aliphatic carbocycles. The van der Waals surface area contributed by atoms with Crippen molar-refractivity contribution >= 4 is 17.2 Å². The molecule has 0 saturated carbocycles. The summed E-state index contributed by atoms with van der Waals surface area (Å²) in [5.74, 6) is 0.773. The molecule has 0 saturated heterocycles. The Labute approximate surface area is 127 Å². The molecule has 110 valence electrons. The Morgan fingerprint density at radius 1 is 1.43 bits per heavy atom. The van der Waals surface area contributed by atoms with Gasteiger partial charge in [0.05, 0.1) is 0 Å². The van der Waals surface area contributed by atoms with Crippen molar-refractivity contribution in [2.24, 2.45) is 0 Å². The zero-order valence-corrected chi connectivity index (χ0v) is 12.7. The number of aromatic nitrogens is 2. The van der Waals surface area contributed by atoms with E-state index in [1.807, 2.05) is 31.2 Å². The van der Waals surface area contributed by atoms with Crippen LogP contribution >= 0.6 is 11.3 Å². The number of para-hydroxylation sites is 1. The highest BCUT2D eigenvalue weighted by atomic mass is 32.1. The normalized spacial score (nSPS) is 16.9. The summed E-state index contributed by atoms with van der Waals surface area (Å²) >= 11 is 1.56. The Hall–Kier alpha value is -1.95. The van der Waals surface area contributed by atoms with Gasteiger partial charge in [-0.15, -0.1) is 21.5 Å². The van der Waals surface area contributed by atoms with Crippen molar-refractivity contribution in [1.29, 1.82) is 0 Å². The molecular formula is C15H17N3O2S. The minimum Gasteiger partial charge on any atom is -0.480 e. The van der Waals surface area contributed by atoms with E-state index >= 15 is 0 Å². The fourth-order valence-electron chi connectivity index (χ4n) is 2.35. The van der Waals surface area contributed by atoms with Gasteiger partial charge in [-0.1, -0.05) is 18.2 Å². The van der Waals surface area contributed by atoms with Crippen molar-refractivity contribution in [1.82, 2.24) is 15.5 Å². The minimum atomic E-state index is -0.393. The highest BCUT2D eigenvalue weighted by Gasteiger charge is 2.25. The first-order valence-corrected chi connectivity index (χ1v) is 7.85. The maximum atomic E-state index is 12.1. The predicted octanol–water partition coefficient (Wildman–Crippen LogP) is 1.90. The number of fused-ring (bicyclic) bond motifs is 1. The molecule has 1 aliphatic heterocycles. The van der Waals surface area contributed by atoms with E-state index in [0.29, 0.717) is 13.0 Å². The number of carbonyl (C=O) groups excluding carboxylic acids is 1. The van der Waals surface area contributed by atoms with Gasteiger partial charge in [-0.05, 0) is 31.4 Å². The summed E-state index contributed by atoms with van der Waals surface area (Å²) in [6.07, 6.45) is 1.92. The first kappa shape index (κ1) is 14.0.